The van der Waals surface area contributed by atoms with Gasteiger partial charge < -0.3 is 4.74 Å². The van der Waals surface area contributed by atoms with Crippen LogP contribution in [-0.2, 0) is 4.79 Å². The predicted molar refractivity (Wildman–Crippen MR) is 184 cm³/mol. The molecule has 4 rings (SSSR count). The number of hydrogen-bond donors (Lipinski definition) is 0. The van der Waals surface area contributed by atoms with Gasteiger partial charge in [0.25, 0.3) is 0 Å². The van der Waals surface area contributed by atoms with Crippen molar-refractivity contribution in [2.45, 2.75) is 163 Å². The summed E-state index contributed by atoms with van der Waals surface area (Å²) >= 11 is 0. The molecule has 0 N–H and O–H groups in total. The molecule has 0 spiro atoms. The summed E-state index contributed by atoms with van der Waals surface area (Å²) in [6.45, 7) is 11.4. The largest absolute Gasteiger partial charge is 0.426 e. The van der Waals surface area contributed by atoms with E-state index in [4.69, 9.17) is 4.74 Å². The minimum atomic E-state index is -0.110. The molecule has 1 atom stereocenters. The molecule has 43 heavy (non-hydrogen) atoms. The van der Waals surface area contributed by atoms with Crippen LogP contribution in [0.3, 0.4) is 0 Å². The van der Waals surface area contributed by atoms with E-state index in [0.29, 0.717) is 23.5 Å². The van der Waals surface area contributed by atoms with Crippen LogP contribution in [0.25, 0.3) is 11.1 Å². The summed E-state index contributed by atoms with van der Waals surface area (Å²) in [6.07, 6.45) is 25.0. The quantitative estimate of drug-likeness (QED) is 0.118. The zero-order chi connectivity index (χ0) is 30.7. The number of carbonyl (C=O) groups excluding carboxylic acids is 1. The lowest BCUT2D eigenvalue weighted by Gasteiger charge is -2.47. The van der Waals surface area contributed by atoms with E-state index in [9.17, 15) is 4.79 Å². The Labute approximate surface area is 264 Å². The fourth-order valence-electron chi connectivity index (χ4n) is 8.69. The fraction of sp³-hybridized carbons (Fsp3) is 0.683. The first-order valence-electron chi connectivity index (χ1n) is 18.3. The number of carbonyl (C=O) groups is 1. The predicted octanol–water partition coefficient (Wildman–Crippen LogP) is 12.7. The van der Waals surface area contributed by atoms with Crippen LogP contribution >= 0.6 is 0 Å². The molecule has 0 aliphatic heterocycles. The molecule has 0 radical (unpaired) electrons. The van der Waals surface area contributed by atoms with E-state index in [1.165, 1.54) is 125 Å². The van der Waals surface area contributed by atoms with Crippen molar-refractivity contribution >= 4 is 5.97 Å². The Morgan fingerprint density at radius 3 is 2.07 bits per heavy atom. The van der Waals surface area contributed by atoms with E-state index in [-0.39, 0.29) is 5.97 Å². The summed E-state index contributed by atoms with van der Waals surface area (Å²) in [4.78, 5) is 12.4. The molecule has 0 amide bonds. The van der Waals surface area contributed by atoms with Crippen LogP contribution in [0.2, 0.25) is 0 Å². The molecule has 2 aromatic carbocycles. The smallest absolute Gasteiger partial charge is 0.311 e. The first-order valence-corrected chi connectivity index (χ1v) is 18.3. The maximum Gasteiger partial charge on any atom is 0.311 e. The third-order valence-corrected chi connectivity index (χ3v) is 11.4. The Morgan fingerprint density at radius 1 is 0.791 bits per heavy atom. The van der Waals surface area contributed by atoms with Crippen molar-refractivity contribution in [2.24, 2.45) is 17.3 Å². The second-order valence-corrected chi connectivity index (χ2v) is 14.5. The summed E-state index contributed by atoms with van der Waals surface area (Å²) in [6, 6.07) is 13.3. The van der Waals surface area contributed by atoms with Crippen molar-refractivity contribution in [3.8, 4) is 16.9 Å². The van der Waals surface area contributed by atoms with E-state index in [1.807, 2.05) is 13.0 Å². The summed E-state index contributed by atoms with van der Waals surface area (Å²) < 4.78 is 5.72. The number of benzene rings is 2. The maximum absolute atomic E-state index is 12.4. The molecule has 2 aliphatic carbocycles. The van der Waals surface area contributed by atoms with Gasteiger partial charge in [0, 0.05) is 6.42 Å². The first kappa shape index (κ1) is 33.8. The molecule has 238 valence electrons. The highest BCUT2D eigenvalue weighted by Gasteiger charge is 2.41. The lowest BCUT2D eigenvalue weighted by Crippen LogP contribution is -2.36. The fourth-order valence-corrected chi connectivity index (χ4v) is 8.69. The van der Waals surface area contributed by atoms with Crippen molar-refractivity contribution in [1.29, 1.82) is 0 Å². The highest BCUT2D eigenvalue weighted by molar-refractivity contribution is 5.74. The zero-order valence-corrected chi connectivity index (χ0v) is 28.4. The van der Waals surface area contributed by atoms with Crippen LogP contribution in [0.1, 0.15) is 165 Å². The van der Waals surface area contributed by atoms with E-state index < -0.39 is 0 Å². The van der Waals surface area contributed by atoms with Gasteiger partial charge in [0.05, 0.1) is 0 Å². The SMILES string of the molecule is CCCCCCCC(=O)Oc1ccc(-c2ccc(C(C)[C@H]3CC[C@H](C4(CCCCC)CCCCC4)CC3)c(C)c2)cc1C. The Balaban J connectivity index is 1.33. The van der Waals surface area contributed by atoms with Gasteiger partial charge in [-0.2, -0.15) is 0 Å². The third kappa shape index (κ3) is 9.21. The molecule has 2 saturated carbocycles. The van der Waals surface area contributed by atoms with E-state index in [0.717, 1.165) is 30.2 Å². The summed E-state index contributed by atoms with van der Waals surface area (Å²) in [5.74, 6) is 2.97. The van der Waals surface area contributed by atoms with Crippen LogP contribution in [-0.4, -0.2) is 5.97 Å². The minimum absolute atomic E-state index is 0.110. The van der Waals surface area contributed by atoms with Crippen molar-refractivity contribution in [2.75, 3.05) is 0 Å². The molecule has 0 saturated heterocycles. The summed E-state index contributed by atoms with van der Waals surface area (Å²) in [7, 11) is 0. The van der Waals surface area contributed by atoms with Gasteiger partial charge in [-0.3, -0.25) is 4.79 Å². The lowest BCUT2D eigenvalue weighted by molar-refractivity contribution is -0.134. The van der Waals surface area contributed by atoms with Gasteiger partial charge in [0.15, 0.2) is 0 Å². The molecule has 2 aromatic rings. The third-order valence-electron chi connectivity index (χ3n) is 11.4. The van der Waals surface area contributed by atoms with Gasteiger partial charge in [-0.25, -0.2) is 0 Å². The first-order chi connectivity index (χ1) is 20.9. The van der Waals surface area contributed by atoms with Gasteiger partial charge in [-0.05, 0) is 128 Å². The molecule has 0 aromatic heterocycles. The summed E-state index contributed by atoms with van der Waals surface area (Å²) in [5.41, 5.74) is 7.07. The molecule has 1 unspecified atom stereocenters. The number of unbranched alkanes of at least 4 members (excludes halogenated alkanes) is 6. The van der Waals surface area contributed by atoms with E-state index in [1.54, 1.807) is 0 Å². The number of rotatable bonds is 15. The number of ether oxygens (including phenoxy) is 1. The van der Waals surface area contributed by atoms with E-state index >= 15 is 0 Å². The van der Waals surface area contributed by atoms with Gasteiger partial charge >= 0.3 is 5.97 Å². The molecular weight excluding hydrogens is 524 g/mol. The van der Waals surface area contributed by atoms with Crippen molar-refractivity contribution in [3.63, 3.8) is 0 Å². The van der Waals surface area contributed by atoms with Crippen LogP contribution in [0.15, 0.2) is 36.4 Å². The number of esters is 1. The Hall–Kier alpha value is -2.09. The second kappa shape index (κ2) is 16.8. The number of aryl methyl sites for hydroxylation is 2. The highest BCUT2D eigenvalue weighted by Crippen LogP contribution is 2.53. The average molecular weight is 587 g/mol. The van der Waals surface area contributed by atoms with Crippen molar-refractivity contribution < 1.29 is 9.53 Å². The van der Waals surface area contributed by atoms with Crippen molar-refractivity contribution in [3.05, 3.63) is 53.1 Å². The average Bonchev–Trinajstić information content (AvgIpc) is 3.02. The molecule has 2 heteroatoms. The van der Waals surface area contributed by atoms with Gasteiger partial charge in [-0.15, -0.1) is 0 Å². The Morgan fingerprint density at radius 2 is 1.42 bits per heavy atom. The molecule has 2 nitrogen and oxygen atoms in total. The molecule has 2 fully saturated rings. The number of hydrogen-bond acceptors (Lipinski definition) is 2. The monoisotopic (exact) mass is 586 g/mol. The molecule has 0 bridgehead atoms. The maximum atomic E-state index is 12.4. The van der Waals surface area contributed by atoms with Crippen LogP contribution in [0.5, 0.6) is 5.75 Å². The minimum Gasteiger partial charge on any atom is -0.426 e. The van der Waals surface area contributed by atoms with Crippen LogP contribution < -0.4 is 4.74 Å². The van der Waals surface area contributed by atoms with Crippen LogP contribution in [0.4, 0.5) is 0 Å². The van der Waals surface area contributed by atoms with Crippen LogP contribution in [0, 0.1) is 31.1 Å². The van der Waals surface area contributed by atoms with Gasteiger partial charge in [-0.1, -0.05) is 109 Å². The topological polar surface area (TPSA) is 26.3 Å². The second-order valence-electron chi connectivity index (χ2n) is 14.5. The molecule has 2 aliphatic rings. The zero-order valence-electron chi connectivity index (χ0n) is 28.4. The van der Waals surface area contributed by atoms with Gasteiger partial charge in [0.1, 0.15) is 5.75 Å². The normalized spacial score (nSPS) is 21.0. The standard InChI is InChI=1S/C41H62O2/c1-6-8-10-11-13-17-40(42)43-39-25-21-36(30-32(39)4)35-20-24-38(31(3)29-35)33(5)34-18-22-37(23-19-34)41(26-14-9-7-2)27-15-12-16-28-41/h20-21,24-25,29-30,33-34,37H,6-19,22-23,26-28H2,1-5H3/t33?,34-,37-. The lowest BCUT2D eigenvalue weighted by atomic mass is 9.58. The Bertz CT molecular complexity index is 1130. The Kier molecular flexibility index (Phi) is 13.2. The molecule has 0 heterocycles. The van der Waals surface area contributed by atoms with E-state index in [2.05, 4.69) is 58.0 Å². The summed E-state index contributed by atoms with van der Waals surface area (Å²) in [5, 5.41) is 0. The molecular formula is C41H62O2. The highest BCUT2D eigenvalue weighted by atomic mass is 16.5. The van der Waals surface area contributed by atoms with Gasteiger partial charge in [0.2, 0.25) is 0 Å². The van der Waals surface area contributed by atoms with Crippen molar-refractivity contribution in [1.82, 2.24) is 0 Å².